The topological polar surface area (TPSA) is 59.7 Å². The van der Waals surface area contributed by atoms with Crippen molar-refractivity contribution in [1.82, 2.24) is 19.3 Å². The van der Waals surface area contributed by atoms with Crippen LogP contribution in [0.3, 0.4) is 0 Å². The lowest BCUT2D eigenvalue weighted by Gasteiger charge is -2.18. The van der Waals surface area contributed by atoms with E-state index in [0.717, 1.165) is 11.3 Å². The fraction of sp³-hybridized carbons (Fsp3) is 0.278. The molecule has 0 saturated heterocycles. The van der Waals surface area contributed by atoms with Crippen LogP contribution in [0.2, 0.25) is 0 Å². The zero-order valence-electron chi connectivity index (χ0n) is 14.1. The molecule has 0 atom stereocenters. The third kappa shape index (κ3) is 2.71. The number of methoxy groups -OCH3 is 1. The van der Waals surface area contributed by atoms with Gasteiger partial charge in [0, 0.05) is 36.6 Å². The third-order valence-corrected chi connectivity index (χ3v) is 4.04. The largest absolute Gasteiger partial charge is 0.478 e. The number of rotatable bonds is 5. The van der Waals surface area contributed by atoms with E-state index in [1.165, 1.54) is 0 Å². The molecule has 124 valence electrons. The molecular formula is C18H20N4O2. The molecule has 0 fully saturated rings. The van der Waals surface area contributed by atoms with Gasteiger partial charge >= 0.3 is 0 Å². The van der Waals surface area contributed by atoms with Gasteiger partial charge in [0.2, 0.25) is 5.65 Å². The van der Waals surface area contributed by atoms with Gasteiger partial charge in [-0.1, -0.05) is 12.1 Å². The van der Waals surface area contributed by atoms with E-state index in [-0.39, 0.29) is 5.91 Å². The van der Waals surface area contributed by atoms with E-state index < -0.39 is 0 Å². The summed E-state index contributed by atoms with van der Waals surface area (Å²) in [6.45, 7) is 5.35. The van der Waals surface area contributed by atoms with Crippen molar-refractivity contribution in [3.05, 3.63) is 48.4 Å². The number of aromatic nitrogens is 3. The number of benzene rings is 1. The Bertz CT molecular complexity index is 868. The van der Waals surface area contributed by atoms with Crippen LogP contribution in [-0.4, -0.2) is 45.4 Å². The number of amides is 1. The quantitative estimate of drug-likeness (QED) is 0.724. The van der Waals surface area contributed by atoms with Crippen molar-refractivity contribution in [2.24, 2.45) is 0 Å². The van der Waals surface area contributed by atoms with Crippen molar-refractivity contribution >= 4 is 11.6 Å². The van der Waals surface area contributed by atoms with Gasteiger partial charge in [0.15, 0.2) is 0 Å². The monoisotopic (exact) mass is 324 g/mol. The molecule has 0 aliphatic carbocycles. The summed E-state index contributed by atoms with van der Waals surface area (Å²) in [6, 6.07) is 7.60. The van der Waals surface area contributed by atoms with Crippen LogP contribution in [0, 0.1) is 0 Å². The highest BCUT2D eigenvalue weighted by Crippen LogP contribution is 2.25. The molecule has 1 amide bonds. The Kier molecular flexibility index (Phi) is 4.46. The van der Waals surface area contributed by atoms with Crippen LogP contribution in [0.15, 0.2) is 42.9 Å². The summed E-state index contributed by atoms with van der Waals surface area (Å²) < 4.78 is 7.15. The first-order chi connectivity index (χ1) is 11.7. The van der Waals surface area contributed by atoms with Crippen LogP contribution < -0.4 is 4.74 Å². The highest BCUT2D eigenvalue weighted by Gasteiger charge is 2.15. The summed E-state index contributed by atoms with van der Waals surface area (Å²) in [5.41, 5.74) is 3.14. The number of ether oxygens (including phenoxy) is 1. The van der Waals surface area contributed by atoms with Gasteiger partial charge in [0.05, 0.1) is 19.0 Å². The van der Waals surface area contributed by atoms with E-state index in [4.69, 9.17) is 4.74 Å². The summed E-state index contributed by atoms with van der Waals surface area (Å²) in [6.07, 6.45) is 5.27. The Morgan fingerprint density at radius 1 is 1.25 bits per heavy atom. The third-order valence-electron chi connectivity index (χ3n) is 4.04. The Labute approximate surface area is 140 Å². The predicted octanol–water partition coefficient (Wildman–Crippen LogP) is 2.89. The molecule has 2 aromatic heterocycles. The van der Waals surface area contributed by atoms with Gasteiger partial charge in [-0.25, -0.2) is 9.97 Å². The van der Waals surface area contributed by atoms with E-state index in [9.17, 15) is 4.79 Å². The van der Waals surface area contributed by atoms with Crippen LogP contribution >= 0.6 is 0 Å². The number of nitrogens with zero attached hydrogens (tertiary/aromatic N) is 4. The molecule has 0 radical (unpaired) electrons. The van der Waals surface area contributed by atoms with Gasteiger partial charge in [-0.2, -0.15) is 0 Å². The first-order valence-corrected chi connectivity index (χ1v) is 7.95. The Balaban J connectivity index is 2.05. The minimum Gasteiger partial charge on any atom is -0.478 e. The number of hydrogen-bond acceptors (Lipinski definition) is 4. The van der Waals surface area contributed by atoms with E-state index in [2.05, 4.69) is 9.97 Å². The second-order valence-corrected chi connectivity index (χ2v) is 5.33. The van der Waals surface area contributed by atoms with Crippen molar-refractivity contribution < 1.29 is 9.53 Å². The van der Waals surface area contributed by atoms with Crippen LogP contribution in [0.4, 0.5) is 0 Å². The molecule has 3 rings (SSSR count). The van der Waals surface area contributed by atoms with Crippen LogP contribution in [0.1, 0.15) is 24.2 Å². The Morgan fingerprint density at radius 2 is 2.04 bits per heavy atom. The van der Waals surface area contributed by atoms with Crippen molar-refractivity contribution in [3.8, 4) is 17.1 Å². The van der Waals surface area contributed by atoms with Crippen molar-refractivity contribution in [2.75, 3.05) is 20.2 Å². The first-order valence-electron chi connectivity index (χ1n) is 7.95. The van der Waals surface area contributed by atoms with E-state index >= 15 is 0 Å². The maximum Gasteiger partial charge on any atom is 0.258 e. The molecule has 0 unspecified atom stereocenters. The first kappa shape index (κ1) is 16.0. The van der Waals surface area contributed by atoms with E-state index in [1.807, 2.05) is 48.7 Å². The highest BCUT2D eigenvalue weighted by molar-refractivity contribution is 5.95. The molecule has 0 aliphatic heterocycles. The molecule has 0 N–H and O–H groups in total. The minimum atomic E-state index is 0.0370. The van der Waals surface area contributed by atoms with Crippen LogP contribution in [0.25, 0.3) is 16.9 Å². The van der Waals surface area contributed by atoms with Crippen LogP contribution in [0.5, 0.6) is 5.88 Å². The molecule has 6 nitrogen and oxygen atoms in total. The zero-order chi connectivity index (χ0) is 17.1. The lowest BCUT2D eigenvalue weighted by atomic mass is 10.1. The molecular weight excluding hydrogens is 304 g/mol. The van der Waals surface area contributed by atoms with Gasteiger partial charge in [-0.05, 0) is 26.0 Å². The Morgan fingerprint density at radius 3 is 2.75 bits per heavy atom. The molecule has 6 heteroatoms. The minimum absolute atomic E-state index is 0.0370. The van der Waals surface area contributed by atoms with Crippen molar-refractivity contribution in [3.63, 3.8) is 0 Å². The summed E-state index contributed by atoms with van der Waals surface area (Å²) in [5.74, 6) is 0.508. The lowest BCUT2D eigenvalue weighted by Crippen LogP contribution is -2.30. The molecule has 0 bridgehead atoms. The van der Waals surface area contributed by atoms with Gasteiger partial charge in [-0.3, -0.25) is 9.20 Å². The van der Waals surface area contributed by atoms with Gasteiger partial charge in [-0.15, -0.1) is 0 Å². The standard InChI is InChI=1S/C18H20N4O2/c1-4-21(5-2)18(23)14-8-6-7-13(11-14)15-12-20-16-17(24-3)19-9-10-22(15)16/h6-12H,4-5H2,1-3H3. The number of carbonyl (C=O) groups excluding carboxylic acids is 1. The predicted molar refractivity (Wildman–Crippen MR) is 92.2 cm³/mol. The summed E-state index contributed by atoms with van der Waals surface area (Å²) in [5, 5.41) is 0. The Hall–Kier alpha value is -2.89. The second-order valence-electron chi connectivity index (χ2n) is 5.33. The molecule has 2 heterocycles. The fourth-order valence-electron chi connectivity index (χ4n) is 2.76. The molecule has 0 aliphatic rings. The SMILES string of the molecule is CCN(CC)C(=O)c1cccc(-c2cnc3c(OC)nccn23)c1. The normalized spacial score (nSPS) is 10.8. The number of hydrogen-bond donors (Lipinski definition) is 0. The van der Waals surface area contributed by atoms with Gasteiger partial charge in [0.25, 0.3) is 11.8 Å². The highest BCUT2D eigenvalue weighted by atomic mass is 16.5. The molecule has 3 aromatic rings. The summed E-state index contributed by atoms with van der Waals surface area (Å²) >= 11 is 0. The van der Waals surface area contributed by atoms with Crippen molar-refractivity contribution in [2.45, 2.75) is 13.8 Å². The summed E-state index contributed by atoms with van der Waals surface area (Å²) in [4.78, 5) is 22.9. The molecule has 24 heavy (non-hydrogen) atoms. The fourth-order valence-corrected chi connectivity index (χ4v) is 2.76. The molecule has 0 saturated carbocycles. The van der Waals surface area contributed by atoms with Crippen LogP contribution in [-0.2, 0) is 0 Å². The molecule has 1 aromatic carbocycles. The lowest BCUT2D eigenvalue weighted by molar-refractivity contribution is 0.0773. The number of carbonyl (C=O) groups is 1. The molecule has 0 spiro atoms. The number of imidazole rings is 1. The van der Waals surface area contributed by atoms with Gasteiger partial charge in [0.1, 0.15) is 0 Å². The second kappa shape index (κ2) is 6.70. The van der Waals surface area contributed by atoms with Gasteiger partial charge < -0.3 is 9.64 Å². The summed E-state index contributed by atoms with van der Waals surface area (Å²) in [7, 11) is 1.57. The maximum absolute atomic E-state index is 12.6. The zero-order valence-corrected chi connectivity index (χ0v) is 14.1. The van der Waals surface area contributed by atoms with E-state index in [1.54, 1.807) is 24.4 Å². The van der Waals surface area contributed by atoms with E-state index in [0.29, 0.717) is 30.2 Å². The maximum atomic E-state index is 12.6. The smallest absolute Gasteiger partial charge is 0.258 e. The number of fused-ring (bicyclic) bond motifs is 1. The average Bonchev–Trinajstić information content (AvgIpc) is 3.07. The van der Waals surface area contributed by atoms with Crippen molar-refractivity contribution in [1.29, 1.82) is 0 Å². The average molecular weight is 324 g/mol.